The van der Waals surface area contributed by atoms with Gasteiger partial charge in [0, 0.05) is 31.4 Å². The van der Waals surface area contributed by atoms with Crippen molar-refractivity contribution in [1.29, 1.82) is 0 Å². The van der Waals surface area contributed by atoms with Crippen LogP contribution in [0.4, 0.5) is 0 Å². The van der Waals surface area contributed by atoms with Crippen molar-refractivity contribution in [3.05, 3.63) is 70.7 Å². The summed E-state index contributed by atoms with van der Waals surface area (Å²) in [5.74, 6) is 0.250. The van der Waals surface area contributed by atoms with Crippen LogP contribution in [0.3, 0.4) is 0 Å². The van der Waals surface area contributed by atoms with E-state index in [1.165, 1.54) is 11.0 Å². The lowest BCUT2D eigenvalue weighted by molar-refractivity contribution is 0.0676. The SMILES string of the molecule is Cc1cncn(CC2CCN(C(=O)c3cnn(-c4ccccc4)n3)CC2)c1=O. The quantitative estimate of drug-likeness (QED) is 0.690. The van der Waals surface area contributed by atoms with Crippen LogP contribution in [0.2, 0.25) is 0 Å². The molecule has 1 fully saturated rings. The van der Waals surface area contributed by atoms with E-state index in [1.54, 1.807) is 24.0 Å². The van der Waals surface area contributed by atoms with E-state index in [0.29, 0.717) is 36.8 Å². The van der Waals surface area contributed by atoms with Crippen molar-refractivity contribution in [2.45, 2.75) is 26.3 Å². The Morgan fingerprint density at radius 2 is 1.89 bits per heavy atom. The average molecular weight is 378 g/mol. The maximum atomic E-state index is 12.8. The van der Waals surface area contributed by atoms with Gasteiger partial charge in [0.25, 0.3) is 11.5 Å². The van der Waals surface area contributed by atoms with Crippen LogP contribution >= 0.6 is 0 Å². The first-order valence-electron chi connectivity index (χ1n) is 9.40. The van der Waals surface area contributed by atoms with Crippen molar-refractivity contribution in [2.24, 2.45) is 5.92 Å². The highest BCUT2D eigenvalue weighted by molar-refractivity contribution is 5.92. The predicted molar refractivity (Wildman–Crippen MR) is 103 cm³/mol. The highest BCUT2D eigenvalue weighted by Gasteiger charge is 2.26. The number of rotatable bonds is 4. The molecule has 1 aromatic carbocycles. The number of hydrogen-bond acceptors (Lipinski definition) is 5. The lowest BCUT2D eigenvalue weighted by Gasteiger charge is -2.31. The highest BCUT2D eigenvalue weighted by atomic mass is 16.2. The zero-order valence-corrected chi connectivity index (χ0v) is 15.7. The molecular weight excluding hydrogens is 356 g/mol. The van der Waals surface area contributed by atoms with Gasteiger partial charge in [0.05, 0.1) is 18.2 Å². The van der Waals surface area contributed by atoms with Crippen molar-refractivity contribution in [3.8, 4) is 5.69 Å². The van der Waals surface area contributed by atoms with Crippen LogP contribution in [0.5, 0.6) is 0 Å². The number of amides is 1. The average Bonchev–Trinajstić information content (AvgIpc) is 3.22. The summed E-state index contributed by atoms with van der Waals surface area (Å²) in [4.78, 5) is 32.3. The zero-order chi connectivity index (χ0) is 19.5. The molecule has 3 heterocycles. The number of benzene rings is 1. The Morgan fingerprint density at radius 1 is 1.14 bits per heavy atom. The summed E-state index contributed by atoms with van der Waals surface area (Å²) in [7, 11) is 0. The Kier molecular flexibility index (Phi) is 5.01. The Labute approximate surface area is 162 Å². The molecule has 0 atom stereocenters. The third kappa shape index (κ3) is 3.71. The Morgan fingerprint density at radius 3 is 2.64 bits per heavy atom. The minimum Gasteiger partial charge on any atom is -0.337 e. The first-order chi connectivity index (χ1) is 13.6. The van der Waals surface area contributed by atoms with Crippen molar-refractivity contribution in [3.63, 3.8) is 0 Å². The Balaban J connectivity index is 1.37. The van der Waals surface area contributed by atoms with Gasteiger partial charge in [-0.3, -0.25) is 14.2 Å². The molecule has 0 radical (unpaired) electrons. The number of aromatic nitrogens is 5. The van der Waals surface area contributed by atoms with E-state index in [-0.39, 0.29) is 11.5 Å². The van der Waals surface area contributed by atoms with Crippen LogP contribution in [0.25, 0.3) is 5.69 Å². The van der Waals surface area contributed by atoms with E-state index in [2.05, 4.69) is 15.2 Å². The topological polar surface area (TPSA) is 85.9 Å². The molecule has 1 aliphatic rings. The van der Waals surface area contributed by atoms with Gasteiger partial charge in [-0.15, -0.1) is 5.10 Å². The minimum atomic E-state index is -0.102. The Bertz CT molecular complexity index is 1020. The molecule has 0 spiro atoms. The van der Waals surface area contributed by atoms with Crippen molar-refractivity contribution < 1.29 is 4.79 Å². The second kappa shape index (κ2) is 7.75. The van der Waals surface area contributed by atoms with Crippen LogP contribution in [-0.4, -0.2) is 48.4 Å². The molecule has 1 saturated heterocycles. The van der Waals surface area contributed by atoms with Gasteiger partial charge in [0.1, 0.15) is 0 Å². The van der Waals surface area contributed by atoms with Gasteiger partial charge in [-0.2, -0.15) is 9.90 Å². The number of nitrogens with zero attached hydrogens (tertiary/aromatic N) is 6. The minimum absolute atomic E-state index is 0.00559. The van der Waals surface area contributed by atoms with Crippen molar-refractivity contribution in [1.82, 2.24) is 29.4 Å². The van der Waals surface area contributed by atoms with E-state index in [9.17, 15) is 9.59 Å². The molecule has 2 aromatic heterocycles. The molecule has 144 valence electrons. The summed E-state index contributed by atoms with van der Waals surface area (Å²) in [5.41, 5.74) is 1.82. The maximum Gasteiger partial charge on any atom is 0.276 e. The normalized spacial score (nSPS) is 15.0. The number of carbonyl (C=O) groups excluding carboxylic acids is 1. The van der Waals surface area contributed by atoms with Gasteiger partial charge in [0.15, 0.2) is 5.69 Å². The molecule has 0 aliphatic carbocycles. The lowest BCUT2D eigenvalue weighted by atomic mass is 9.96. The van der Waals surface area contributed by atoms with Crippen molar-refractivity contribution >= 4 is 5.91 Å². The number of hydrogen-bond donors (Lipinski definition) is 0. The number of likely N-dealkylation sites (tertiary alicyclic amines) is 1. The van der Waals surface area contributed by atoms with E-state index >= 15 is 0 Å². The molecular formula is C20H22N6O2. The van der Waals surface area contributed by atoms with Crippen molar-refractivity contribution in [2.75, 3.05) is 13.1 Å². The van der Waals surface area contributed by atoms with Gasteiger partial charge >= 0.3 is 0 Å². The molecule has 0 bridgehead atoms. The second-order valence-corrected chi connectivity index (χ2v) is 7.12. The van der Waals surface area contributed by atoms with Crippen LogP contribution < -0.4 is 5.56 Å². The largest absolute Gasteiger partial charge is 0.337 e. The molecule has 28 heavy (non-hydrogen) atoms. The van der Waals surface area contributed by atoms with E-state index in [4.69, 9.17) is 0 Å². The molecule has 1 amide bonds. The molecule has 0 N–H and O–H groups in total. The highest BCUT2D eigenvalue weighted by Crippen LogP contribution is 2.20. The predicted octanol–water partition coefficient (Wildman–Crippen LogP) is 1.68. The van der Waals surface area contributed by atoms with Gasteiger partial charge in [-0.1, -0.05) is 18.2 Å². The summed E-state index contributed by atoms with van der Waals surface area (Å²) < 4.78 is 1.67. The number of piperidine rings is 1. The first-order valence-corrected chi connectivity index (χ1v) is 9.40. The maximum absolute atomic E-state index is 12.8. The molecule has 8 heteroatoms. The third-order valence-corrected chi connectivity index (χ3v) is 5.13. The molecule has 1 aliphatic heterocycles. The van der Waals surface area contributed by atoms with Gasteiger partial charge in [-0.25, -0.2) is 4.98 Å². The molecule has 8 nitrogen and oxygen atoms in total. The van der Waals surface area contributed by atoms with Gasteiger partial charge in [-0.05, 0) is 37.8 Å². The second-order valence-electron chi connectivity index (χ2n) is 7.12. The number of aryl methyl sites for hydroxylation is 1. The molecule has 3 aromatic rings. The van der Waals surface area contributed by atoms with Crippen LogP contribution in [0.1, 0.15) is 28.9 Å². The fraction of sp³-hybridized carbons (Fsp3) is 0.350. The van der Waals surface area contributed by atoms with Crippen LogP contribution in [0, 0.1) is 12.8 Å². The summed E-state index contributed by atoms with van der Waals surface area (Å²) in [6.45, 7) is 3.71. The van der Waals surface area contributed by atoms with Crippen LogP contribution in [-0.2, 0) is 6.54 Å². The fourth-order valence-electron chi connectivity index (χ4n) is 3.50. The first kappa shape index (κ1) is 18.1. The van der Waals surface area contributed by atoms with Crippen LogP contribution in [0.15, 0.2) is 53.8 Å². The summed E-state index contributed by atoms with van der Waals surface area (Å²) in [6.07, 6.45) is 6.38. The van der Waals surface area contributed by atoms with Gasteiger partial charge in [0.2, 0.25) is 0 Å². The standard InChI is InChI=1S/C20H22N6O2/c1-15-11-21-14-25(19(15)27)13-16-7-9-24(10-8-16)20(28)18-12-22-26(23-18)17-5-3-2-4-6-17/h2-6,11-12,14,16H,7-10,13H2,1H3. The lowest BCUT2D eigenvalue weighted by Crippen LogP contribution is -2.40. The summed E-state index contributed by atoms with van der Waals surface area (Å²) in [6, 6.07) is 9.51. The van der Waals surface area contributed by atoms with E-state index in [0.717, 1.165) is 18.5 Å². The molecule has 4 rings (SSSR count). The smallest absolute Gasteiger partial charge is 0.276 e. The van der Waals surface area contributed by atoms with E-state index < -0.39 is 0 Å². The molecule has 0 saturated carbocycles. The monoisotopic (exact) mass is 378 g/mol. The Hall–Kier alpha value is -3.29. The van der Waals surface area contributed by atoms with E-state index in [1.807, 2.05) is 35.2 Å². The van der Waals surface area contributed by atoms with Gasteiger partial charge < -0.3 is 4.90 Å². The zero-order valence-electron chi connectivity index (χ0n) is 15.7. The molecule has 0 unspecified atom stereocenters. The summed E-state index contributed by atoms with van der Waals surface area (Å²) >= 11 is 0. The fourth-order valence-corrected chi connectivity index (χ4v) is 3.50. The number of para-hydroxylation sites is 1. The third-order valence-electron chi connectivity index (χ3n) is 5.13. The number of carbonyl (C=O) groups is 1. The summed E-state index contributed by atoms with van der Waals surface area (Å²) in [5, 5.41) is 8.53.